The van der Waals surface area contributed by atoms with E-state index in [0.29, 0.717) is 11.5 Å². The minimum Gasteiger partial charge on any atom is -0.325 e. The summed E-state index contributed by atoms with van der Waals surface area (Å²) in [5.74, 6) is 0.212. The Morgan fingerprint density at radius 2 is 1.81 bits per heavy atom. The first-order chi connectivity index (χ1) is 15.6. The van der Waals surface area contributed by atoms with Crippen molar-refractivity contribution in [1.82, 2.24) is 9.97 Å². The number of carbonyl (C=O) groups is 1. The maximum Gasteiger partial charge on any atom is 0.242 e. The van der Waals surface area contributed by atoms with Crippen LogP contribution in [0, 0.1) is 12.7 Å². The van der Waals surface area contributed by atoms with Crippen LogP contribution in [0.5, 0.6) is 0 Å². The predicted octanol–water partition coefficient (Wildman–Crippen LogP) is 6.49. The number of hydrogen-bond acceptors (Lipinski definition) is 5. The van der Waals surface area contributed by atoms with Gasteiger partial charge in [0.15, 0.2) is 0 Å². The van der Waals surface area contributed by atoms with E-state index in [1.807, 2.05) is 37.3 Å². The molecule has 7 heteroatoms. The van der Waals surface area contributed by atoms with Gasteiger partial charge < -0.3 is 5.32 Å². The van der Waals surface area contributed by atoms with E-state index in [1.165, 1.54) is 47.2 Å². The number of carbonyl (C=O) groups excluding carboxylic acids is 1. The van der Waals surface area contributed by atoms with Crippen LogP contribution in [0.2, 0.25) is 0 Å². The van der Waals surface area contributed by atoms with E-state index in [-0.39, 0.29) is 11.7 Å². The number of aryl methyl sites for hydroxylation is 3. The number of thioether (sulfide) groups is 1. The molecule has 1 amide bonds. The molecule has 0 saturated heterocycles. The topological polar surface area (TPSA) is 54.9 Å². The second-order valence-corrected chi connectivity index (χ2v) is 10.0. The molecule has 0 fully saturated rings. The molecule has 1 N–H and O–H groups in total. The van der Waals surface area contributed by atoms with Crippen LogP contribution in [0.4, 0.5) is 10.1 Å². The van der Waals surface area contributed by atoms with Crippen molar-refractivity contribution < 1.29 is 9.18 Å². The number of rotatable bonds is 5. The Morgan fingerprint density at radius 3 is 2.59 bits per heavy atom. The summed E-state index contributed by atoms with van der Waals surface area (Å²) in [6.07, 6.45) is 4.51. The summed E-state index contributed by atoms with van der Waals surface area (Å²) < 4.78 is 13.3. The third-order valence-corrected chi connectivity index (χ3v) is 8.00. The zero-order valence-corrected chi connectivity index (χ0v) is 19.2. The highest BCUT2D eigenvalue weighted by atomic mass is 32.2. The lowest BCUT2D eigenvalue weighted by Gasteiger charge is -2.18. The van der Waals surface area contributed by atoms with E-state index in [9.17, 15) is 9.18 Å². The molecule has 4 aromatic rings. The Morgan fingerprint density at radius 1 is 1.06 bits per heavy atom. The number of nitrogens with one attached hydrogen (secondary N) is 1. The monoisotopic (exact) mass is 463 g/mol. The van der Waals surface area contributed by atoms with Crippen molar-refractivity contribution in [1.29, 1.82) is 0 Å². The molecule has 1 aliphatic rings. The SMILES string of the molecule is Cc1nc(SC(C(=O)Nc2ccc(F)cc2)c2ccccc2)c2c3c(sc2n1)CCCC3. The molecule has 0 bridgehead atoms. The van der Waals surface area contributed by atoms with Crippen LogP contribution in [0.25, 0.3) is 10.2 Å². The average molecular weight is 464 g/mol. The Kier molecular flexibility index (Phi) is 5.93. The van der Waals surface area contributed by atoms with Crippen molar-refractivity contribution in [2.75, 3.05) is 5.32 Å². The Hall–Kier alpha value is -2.77. The maximum absolute atomic E-state index is 13.4. The number of hydrogen-bond donors (Lipinski definition) is 1. The number of nitrogens with zero attached hydrogens (tertiary/aromatic N) is 2. The molecule has 0 radical (unpaired) electrons. The molecule has 2 aromatic carbocycles. The number of aromatic nitrogens is 2. The average Bonchev–Trinajstić information content (AvgIpc) is 3.17. The Balaban J connectivity index is 1.54. The number of fused-ring (bicyclic) bond motifs is 3. The normalized spacial score (nSPS) is 14.2. The van der Waals surface area contributed by atoms with Gasteiger partial charge in [0.1, 0.15) is 26.7 Å². The van der Waals surface area contributed by atoms with Gasteiger partial charge >= 0.3 is 0 Å². The number of anilines is 1. The standard InChI is InChI=1S/C25H22FN3OS2/c1-15-27-24-21(19-9-5-6-10-20(19)31-24)25(28-15)32-22(16-7-3-2-4-8-16)23(30)29-18-13-11-17(26)12-14-18/h2-4,7-8,11-14,22H,5-6,9-10H2,1H3,(H,29,30). The predicted molar refractivity (Wildman–Crippen MR) is 129 cm³/mol. The summed E-state index contributed by atoms with van der Waals surface area (Å²) in [4.78, 5) is 25.3. The van der Waals surface area contributed by atoms with Gasteiger partial charge in [-0.15, -0.1) is 11.3 Å². The van der Waals surface area contributed by atoms with Crippen molar-refractivity contribution in [3.8, 4) is 0 Å². The van der Waals surface area contributed by atoms with Gasteiger partial charge in [0.2, 0.25) is 5.91 Å². The molecule has 0 saturated carbocycles. The van der Waals surface area contributed by atoms with Crippen LogP contribution in [0.1, 0.15) is 39.9 Å². The van der Waals surface area contributed by atoms with Gasteiger partial charge in [-0.2, -0.15) is 0 Å². The van der Waals surface area contributed by atoms with Crippen molar-refractivity contribution >= 4 is 44.9 Å². The Bertz CT molecular complexity index is 1270. The smallest absolute Gasteiger partial charge is 0.242 e. The van der Waals surface area contributed by atoms with Crippen molar-refractivity contribution in [3.63, 3.8) is 0 Å². The zero-order valence-electron chi connectivity index (χ0n) is 17.6. The van der Waals surface area contributed by atoms with Crippen molar-refractivity contribution in [2.24, 2.45) is 0 Å². The van der Waals surface area contributed by atoms with E-state index in [2.05, 4.69) is 5.32 Å². The van der Waals surface area contributed by atoms with Crippen LogP contribution in [0.15, 0.2) is 59.6 Å². The van der Waals surface area contributed by atoms with Gasteiger partial charge in [0.05, 0.1) is 0 Å². The summed E-state index contributed by atoms with van der Waals surface area (Å²) in [7, 11) is 0. The van der Waals surface area contributed by atoms with Gasteiger partial charge in [-0.1, -0.05) is 42.1 Å². The molecule has 2 aromatic heterocycles. The number of benzene rings is 2. The highest BCUT2D eigenvalue weighted by Gasteiger charge is 2.27. The van der Waals surface area contributed by atoms with E-state index in [4.69, 9.17) is 9.97 Å². The molecule has 1 atom stereocenters. The summed E-state index contributed by atoms with van der Waals surface area (Å²) in [6.45, 7) is 1.90. The maximum atomic E-state index is 13.4. The second kappa shape index (κ2) is 9.00. The number of thiophene rings is 1. The minimum atomic E-state index is -0.502. The third kappa shape index (κ3) is 4.27. The third-order valence-electron chi connectivity index (χ3n) is 5.57. The zero-order chi connectivity index (χ0) is 22.1. The molecule has 0 aliphatic heterocycles. The van der Waals surface area contributed by atoms with E-state index in [0.717, 1.165) is 33.6 Å². The first-order valence-electron chi connectivity index (χ1n) is 10.7. The molecule has 32 heavy (non-hydrogen) atoms. The van der Waals surface area contributed by atoms with Gasteiger partial charge in [-0.3, -0.25) is 4.79 Å². The number of halogens is 1. The summed E-state index contributed by atoms with van der Waals surface area (Å²) in [5, 5.41) is 4.40. The van der Waals surface area contributed by atoms with Gasteiger partial charge in [0.25, 0.3) is 0 Å². The Labute approximate surface area is 194 Å². The molecule has 5 rings (SSSR count). The molecular formula is C25H22FN3OS2. The lowest BCUT2D eigenvalue weighted by atomic mass is 9.97. The first-order valence-corrected chi connectivity index (χ1v) is 12.3. The van der Waals surface area contributed by atoms with Gasteiger partial charge in [0, 0.05) is 16.0 Å². The molecule has 162 valence electrons. The minimum absolute atomic E-state index is 0.165. The lowest BCUT2D eigenvalue weighted by molar-refractivity contribution is -0.115. The van der Waals surface area contributed by atoms with Crippen LogP contribution >= 0.6 is 23.1 Å². The molecular weight excluding hydrogens is 441 g/mol. The van der Waals surface area contributed by atoms with E-state index >= 15 is 0 Å². The first kappa shape index (κ1) is 21.1. The molecule has 1 unspecified atom stereocenters. The van der Waals surface area contributed by atoms with Crippen LogP contribution < -0.4 is 5.32 Å². The summed E-state index contributed by atoms with van der Waals surface area (Å²) >= 11 is 3.23. The van der Waals surface area contributed by atoms with Gasteiger partial charge in [-0.25, -0.2) is 14.4 Å². The van der Waals surface area contributed by atoms with Crippen LogP contribution in [-0.4, -0.2) is 15.9 Å². The highest BCUT2D eigenvalue weighted by Crippen LogP contribution is 2.44. The van der Waals surface area contributed by atoms with Crippen molar-refractivity contribution in [3.05, 3.63) is 82.2 Å². The van der Waals surface area contributed by atoms with Gasteiger partial charge in [-0.05, 0) is 68.0 Å². The van der Waals surface area contributed by atoms with E-state index in [1.54, 1.807) is 23.5 Å². The van der Waals surface area contributed by atoms with Crippen molar-refractivity contribution in [2.45, 2.75) is 42.9 Å². The van der Waals surface area contributed by atoms with Crippen LogP contribution in [0.3, 0.4) is 0 Å². The summed E-state index contributed by atoms with van der Waals surface area (Å²) in [5.41, 5.74) is 2.81. The summed E-state index contributed by atoms with van der Waals surface area (Å²) in [6, 6.07) is 15.5. The fourth-order valence-electron chi connectivity index (χ4n) is 4.06. The lowest BCUT2D eigenvalue weighted by Crippen LogP contribution is -2.19. The fraction of sp³-hybridized carbons (Fsp3) is 0.240. The van der Waals surface area contributed by atoms with E-state index < -0.39 is 5.25 Å². The number of amides is 1. The second-order valence-electron chi connectivity index (χ2n) is 7.87. The largest absolute Gasteiger partial charge is 0.325 e. The van der Waals surface area contributed by atoms with Crippen LogP contribution in [-0.2, 0) is 17.6 Å². The quantitative estimate of drug-likeness (QED) is 0.271. The molecule has 2 heterocycles. The molecule has 4 nitrogen and oxygen atoms in total. The molecule has 1 aliphatic carbocycles. The molecule has 0 spiro atoms. The highest BCUT2D eigenvalue weighted by molar-refractivity contribution is 8.00. The fourth-order valence-corrected chi connectivity index (χ4v) is 6.64.